The van der Waals surface area contributed by atoms with E-state index in [1.54, 1.807) is 42.5 Å². The largest absolute Gasteiger partial charge is 0.497 e. The summed E-state index contributed by atoms with van der Waals surface area (Å²) in [5.41, 5.74) is 0.586. The summed E-state index contributed by atoms with van der Waals surface area (Å²) in [5, 5.41) is 15.2. The van der Waals surface area contributed by atoms with Gasteiger partial charge in [0.2, 0.25) is 11.8 Å². The standard InChI is InChI=1S/C22H22N2O7/c1-29-15-5-3-14(4-6-15)23-22(28)18(12-25)24-20(26)9-13-10-21(27)31-19-11-16(30-2)7-8-17(13)19/h3-8,10-11,18,25H,9,12H2,1-2H3,(H,23,28)(H,24,26). The first-order valence-electron chi connectivity index (χ1n) is 9.39. The van der Waals surface area contributed by atoms with Crippen LogP contribution in [-0.4, -0.2) is 43.8 Å². The van der Waals surface area contributed by atoms with Gasteiger partial charge in [-0.1, -0.05) is 0 Å². The van der Waals surface area contributed by atoms with E-state index in [1.165, 1.54) is 20.3 Å². The predicted octanol–water partition coefficient (Wildman–Crippen LogP) is 1.47. The maximum absolute atomic E-state index is 12.5. The van der Waals surface area contributed by atoms with Crippen LogP contribution in [0, 0.1) is 0 Å². The van der Waals surface area contributed by atoms with E-state index in [9.17, 15) is 19.5 Å². The molecule has 0 spiro atoms. The second kappa shape index (κ2) is 9.77. The molecule has 9 heteroatoms. The molecule has 9 nitrogen and oxygen atoms in total. The normalized spacial score (nSPS) is 11.6. The van der Waals surface area contributed by atoms with Crippen molar-refractivity contribution in [2.24, 2.45) is 0 Å². The molecule has 2 amide bonds. The third-order valence-corrected chi connectivity index (χ3v) is 4.58. The first-order chi connectivity index (χ1) is 14.9. The zero-order chi connectivity index (χ0) is 22.4. The van der Waals surface area contributed by atoms with Gasteiger partial charge >= 0.3 is 5.63 Å². The molecule has 1 heterocycles. The number of fused-ring (bicyclic) bond motifs is 1. The van der Waals surface area contributed by atoms with Gasteiger partial charge in [-0.25, -0.2) is 4.79 Å². The van der Waals surface area contributed by atoms with Crippen LogP contribution in [0.1, 0.15) is 5.56 Å². The number of methoxy groups -OCH3 is 2. The minimum Gasteiger partial charge on any atom is -0.497 e. The maximum Gasteiger partial charge on any atom is 0.336 e. The lowest BCUT2D eigenvalue weighted by Crippen LogP contribution is -2.46. The molecule has 0 fully saturated rings. The molecular weight excluding hydrogens is 404 g/mol. The van der Waals surface area contributed by atoms with Gasteiger partial charge in [-0.3, -0.25) is 9.59 Å². The zero-order valence-corrected chi connectivity index (χ0v) is 17.0. The number of hydrogen-bond donors (Lipinski definition) is 3. The first kappa shape index (κ1) is 21.8. The summed E-state index contributed by atoms with van der Waals surface area (Å²) in [4.78, 5) is 36.8. The fraction of sp³-hybridized carbons (Fsp3) is 0.227. The molecule has 1 aromatic heterocycles. The number of carbonyl (C=O) groups is 2. The third-order valence-electron chi connectivity index (χ3n) is 4.58. The molecule has 0 saturated heterocycles. The summed E-state index contributed by atoms with van der Waals surface area (Å²) >= 11 is 0. The van der Waals surface area contributed by atoms with Crippen LogP contribution in [0.25, 0.3) is 11.0 Å². The number of aliphatic hydroxyl groups excluding tert-OH is 1. The average Bonchev–Trinajstić information content (AvgIpc) is 2.77. The Labute approximate surface area is 177 Å². The van der Waals surface area contributed by atoms with E-state index in [2.05, 4.69) is 10.6 Å². The fourth-order valence-corrected chi connectivity index (χ4v) is 3.00. The third kappa shape index (κ3) is 5.40. The van der Waals surface area contributed by atoms with Crippen LogP contribution >= 0.6 is 0 Å². The zero-order valence-electron chi connectivity index (χ0n) is 17.0. The molecule has 3 aromatic rings. The molecule has 3 rings (SSSR count). The van der Waals surface area contributed by atoms with Crippen molar-refractivity contribution in [1.82, 2.24) is 5.32 Å². The molecule has 31 heavy (non-hydrogen) atoms. The summed E-state index contributed by atoms with van der Waals surface area (Å²) in [6.07, 6.45) is -0.180. The molecule has 2 aromatic carbocycles. The fourth-order valence-electron chi connectivity index (χ4n) is 3.00. The number of nitrogens with one attached hydrogen (secondary N) is 2. The summed E-state index contributed by atoms with van der Waals surface area (Å²) in [7, 11) is 3.02. The second-order valence-corrected chi connectivity index (χ2v) is 6.65. The minimum atomic E-state index is -1.17. The Balaban J connectivity index is 1.71. The summed E-state index contributed by atoms with van der Waals surface area (Å²) < 4.78 is 15.3. The lowest BCUT2D eigenvalue weighted by atomic mass is 10.1. The first-order valence-corrected chi connectivity index (χ1v) is 9.39. The van der Waals surface area contributed by atoms with Gasteiger partial charge in [-0.2, -0.15) is 0 Å². The Morgan fingerprint density at radius 1 is 1.03 bits per heavy atom. The summed E-state index contributed by atoms with van der Waals surface area (Å²) in [6, 6.07) is 11.6. The molecule has 0 saturated carbocycles. The number of amides is 2. The molecule has 0 radical (unpaired) electrons. The number of anilines is 1. The SMILES string of the molecule is COc1ccc(NC(=O)C(CO)NC(=O)Cc2cc(=O)oc3cc(OC)ccc23)cc1. The van der Waals surface area contributed by atoms with Gasteiger partial charge in [0.15, 0.2) is 0 Å². The average molecular weight is 426 g/mol. The Bertz CT molecular complexity index is 1140. The Hall–Kier alpha value is -3.85. The van der Waals surface area contributed by atoms with Gasteiger partial charge in [0.25, 0.3) is 0 Å². The van der Waals surface area contributed by atoms with E-state index in [4.69, 9.17) is 13.9 Å². The molecular formula is C22H22N2O7. The van der Waals surface area contributed by atoms with Crippen molar-refractivity contribution < 1.29 is 28.6 Å². The van der Waals surface area contributed by atoms with Gasteiger partial charge in [0, 0.05) is 23.2 Å². The molecule has 0 bridgehead atoms. The maximum atomic E-state index is 12.5. The van der Waals surface area contributed by atoms with Crippen molar-refractivity contribution in [3.8, 4) is 11.5 Å². The lowest BCUT2D eigenvalue weighted by Gasteiger charge is -2.16. The van der Waals surface area contributed by atoms with E-state index in [0.29, 0.717) is 28.1 Å². The molecule has 162 valence electrons. The number of ether oxygens (including phenoxy) is 2. The molecule has 0 aliphatic rings. The van der Waals surface area contributed by atoms with Crippen molar-refractivity contribution >= 4 is 28.5 Å². The van der Waals surface area contributed by atoms with Crippen LogP contribution in [0.2, 0.25) is 0 Å². The van der Waals surface area contributed by atoms with Gasteiger partial charge in [-0.15, -0.1) is 0 Å². The van der Waals surface area contributed by atoms with Crippen molar-refractivity contribution in [2.75, 3.05) is 26.1 Å². The van der Waals surface area contributed by atoms with Crippen molar-refractivity contribution in [3.05, 3.63) is 64.5 Å². The monoisotopic (exact) mass is 426 g/mol. The summed E-state index contributed by atoms with van der Waals surface area (Å²) in [5.74, 6) is 0.0184. The van der Waals surface area contributed by atoms with Crippen LogP contribution < -0.4 is 25.7 Å². The summed E-state index contributed by atoms with van der Waals surface area (Å²) in [6.45, 7) is -0.595. The van der Waals surface area contributed by atoms with Crippen LogP contribution in [0.3, 0.4) is 0 Å². The van der Waals surface area contributed by atoms with Gasteiger partial charge in [-0.05, 0) is 42.0 Å². The quantitative estimate of drug-likeness (QED) is 0.466. The van der Waals surface area contributed by atoms with Gasteiger partial charge in [0.05, 0.1) is 27.2 Å². The highest BCUT2D eigenvalue weighted by Gasteiger charge is 2.21. The highest BCUT2D eigenvalue weighted by molar-refractivity contribution is 5.98. The highest BCUT2D eigenvalue weighted by atomic mass is 16.5. The molecule has 0 aliphatic heterocycles. The van der Waals surface area contributed by atoms with Gasteiger partial charge < -0.3 is 29.6 Å². The van der Waals surface area contributed by atoms with E-state index in [1.807, 2.05) is 0 Å². The van der Waals surface area contributed by atoms with Crippen LogP contribution in [0.15, 0.2) is 57.7 Å². The lowest BCUT2D eigenvalue weighted by molar-refractivity contribution is -0.126. The smallest absolute Gasteiger partial charge is 0.336 e. The number of aliphatic hydroxyl groups is 1. The molecule has 1 atom stereocenters. The van der Waals surface area contributed by atoms with E-state index >= 15 is 0 Å². The topological polar surface area (TPSA) is 127 Å². The van der Waals surface area contributed by atoms with Crippen molar-refractivity contribution in [1.29, 1.82) is 0 Å². The van der Waals surface area contributed by atoms with E-state index in [0.717, 1.165) is 0 Å². The number of carbonyl (C=O) groups excluding carboxylic acids is 2. The Kier molecular flexibility index (Phi) is 6.88. The molecule has 3 N–H and O–H groups in total. The van der Waals surface area contributed by atoms with Gasteiger partial charge in [0.1, 0.15) is 23.1 Å². The minimum absolute atomic E-state index is 0.180. The highest BCUT2D eigenvalue weighted by Crippen LogP contribution is 2.23. The van der Waals surface area contributed by atoms with Crippen molar-refractivity contribution in [3.63, 3.8) is 0 Å². The number of rotatable bonds is 8. The second-order valence-electron chi connectivity index (χ2n) is 6.65. The molecule has 0 aliphatic carbocycles. The van der Waals surface area contributed by atoms with Crippen molar-refractivity contribution in [2.45, 2.75) is 12.5 Å². The Morgan fingerprint density at radius 2 is 1.71 bits per heavy atom. The number of benzene rings is 2. The molecule has 1 unspecified atom stereocenters. The predicted molar refractivity (Wildman–Crippen MR) is 113 cm³/mol. The van der Waals surface area contributed by atoms with E-state index in [-0.39, 0.29) is 12.0 Å². The van der Waals surface area contributed by atoms with E-state index < -0.39 is 30.1 Å². The van der Waals surface area contributed by atoms with Crippen LogP contribution in [0.5, 0.6) is 11.5 Å². The van der Waals surface area contributed by atoms with Crippen LogP contribution in [0.4, 0.5) is 5.69 Å². The Morgan fingerprint density at radius 3 is 2.35 bits per heavy atom. The van der Waals surface area contributed by atoms with Crippen LogP contribution in [-0.2, 0) is 16.0 Å². The number of hydrogen-bond acceptors (Lipinski definition) is 7.